The Labute approximate surface area is 424 Å². The number of ether oxygens (including phenoxy) is 4. The van der Waals surface area contributed by atoms with Gasteiger partial charge in [-0.2, -0.15) is 0 Å². The maximum Gasteiger partial charge on any atom is 0.408 e. The predicted octanol–water partition coefficient (Wildman–Crippen LogP) is 5.76. The van der Waals surface area contributed by atoms with Crippen molar-refractivity contribution in [3.05, 3.63) is 71.8 Å². The molecule has 6 N–H and O–H groups in total. The number of nitrogens with one attached hydrogen (secondary N) is 6. The molecule has 1 unspecified atom stereocenters. The average molecular weight is 1010 g/mol. The first kappa shape index (κ1) is 58.2. The number of benzene rings is 2. The third kappa shape index (κ3) is 20.7. The molecule has 1 aliphatic carbocycles. The van der Waals surface area contributed by atoms with Crippen LogP contribution >= 0.6 is 0 Å². The molecule has 7 amide bonds. The fourth-order valence-corrected chi connectivity index (χ4v) is 7.81. The molecule has 72 heavy (non-hydrogen) atoms. The zero-order valence-corrected chi connectivity index (χ0v) is 44.1. The van der Waals surface area contributed by atoms with Gasteiger partial charge in [-0.15, -0.1) is 0 Å². The molecular formula is C53H79N7O12. The van der Waals surface area contributed by atoms with Crippen LogP contribution in [0.2, 0.25) is 0 Å². The van der Waals surface area contributed by atoms with Gasteiger partial charge in [-0.1, -0.05) is 74.5 Å². The van der Waals surface area contributed by atoms with Gasteiger partial charge < -0.3 is 55.7 Å². The summed E-state index contributed by atoms with van der Waals surface area (Å²) in [5, 5.41) is 16.7. The molecule has 19 heteroatoms. The molecule has 2 aromatic rings. The molecule has 0 aromatic heterocycles. The molecule has 2 aromatic carbocycles. The summed E-state index contributed by atoms with van der Waals surface area (Å²) in [7, 11) is 0. The topological polar surface area (TPSA) is 249 Å². The number of carbonyl (C=O) groups excluding carboxylic acids is 8. The predicted molar refractivity (Wildman–Crippen MR) is 269 cm³/mol. The minimum Gasteiger partial charge on any atom is -0.461 e. The first-order valence-electron chi connectivity index (χ1n) is 25.1. The van der Waals surface area contributed by atoms with Crippen LogP contribution in [-0.2, 0) is 55.8 Å². The number of hydrogen-bond donors (Lipinski definition) is 6. The molecule has 1 heterocycles. The van der Waals surface area contributed by atoms with Crippen molar-refractivity contribution in [1.29, 1.82) is 0 Å². The Hall–Kier alpha value is -6.40. The van der Waals surface area contributed by atoms with Crippen molar-refractivity contribution < 1.29 is 57.3 Å². The molecule has 1 saturated heterocycles. The van der Waals surface area contributed by atoms with Crippen LogP contribution in [0.15, 0.2) is 60.7 Å². The highest BCUT2D eigenvalue weighted by Gasteiger charge is 2.51. The highest BCUT2D eigenvalue weighted by atomic mass is 16.6. The van der Waals surface area contributed by atoms with Gasteiger partial charge in [0.15, 0.2) is 5.54 Å². The van der Waals surface area contributed by atoms with Gasteiger partial charge in [-0.3, -0.25) is 19.2 Å². The van der Waals surface area contributed by atoms with Crippen LogP contribution in [-0.4, -0.2) is 125 Å². The Morgan fingerprint density at radius 1 is 0.611 bits per heavy atom. The van der Waals surface area contributed by atoms with Crippen LogP contribution in [0.3, 0.4) is 0 Å². The van der Waals surface area contributed by atoms with E-state index in [1.165, 1.54) is 4.90 Å². The maximum atomic E-state index is 14.7. The number of rotatable bonds is 22. The molecule has 1 saturated carbocycles. The molecule has 0 bridgehead atoms. The van der Waals surface area contributed by atoms with Crippen LogP contribution in [0.4, 0.5) is 14.4 Å². The zero-order valence-electron chi connectivity index (χ0n) is 44.1. The number of nitrogens with zero attached hydrogens (tertiary/aromatic N) is 1. The number of amides is 7. The van der Waals surface area contributed by atoms with Gasteiger partial charge >= 0.3 is 24.2 Å². The number of carbonyl (C=O) groups is 8. The molecule has 4 rings (SSSR count). The number of alkyl carbamates (subject to hydrolysis) is 3. The summed E-state index contributed by atoms with van der Waals surface area (Å²) in [5.41, 5.74) is -2.62. The monoisotopic (exact) mass is 1010 g/mol. The molecule has 0 radical (unpaired) electrons. The summed E-state index contributed by atoms with van der Waals surface area (Å²) in [4.78, 5) is 112. The van der Waals surface area contributed by atoms with Crippen molar-refractivity contribution in [3.63, 3.8) is 0 Å². The first-order valence-corrected chi connectivity index (χ1v) is 25.1. The van der Waals surface area contributed by atoms with Crippen molar-refractivity contribution in [2.45, 2.75) is 187 Å². The summed E-state index contributed by atoms with van der Waals surface area (Å²) < 4.78 is 22.0. The summed E-state index contributed by atoms with van der Waals surface area (Å²) in [6.07, 6.45) is -0.110. The van der Waals surface area contributed by atoms with Crippen LogP contribution < -0.4 is 31.9 Å². The number of hydrogen-bond acceptors (Lipinski definition) is 12. The highest BCUT2D eigenvalue weighted by molar-refractivity contribution is 5.96. The lowest BCUT2D eigenvalue weighted by Crippen LogP contribution is -2.60. The van der Waals surface area contributed by atoms with Crippen LogP contribution in [0.5, 0.6) is 0 Å². The quantitative estimate of drug-likeness (QED) is 0.0468. The minimum atomic E-state index is -1.62. The van der Waals surface area contributed by atoms with E-state index in [2.05, 4.69) is 31.9 Å². The van der Waals surface area contributed by atoms with Gasteiger partial charge in [0.1, 0.15) is 47.1 Å². The second-order valence-electron chi connectivity index (χ2n) is 22.1. The first-order chi connectivity index (χ1) is 33.6. The molecule has 0 spiro atoms. The molecule has 2 aliphatic rings. The van der Waals surface area contributed by atoms with Gasteiger partial charge in [0, 0.05) is 32.4 Å². The average Bonchev–Trinajstić information content (AvgIpc) is 3.98. The lowest BCUT2D eigenvalue weighted by molar-refractivity contribution is -0.152. The van der Waals surface area contributed by atoms with Gasteiger partial charge in [0.2, 0.25) is 23.6 Å². The SMILES string of the molecule is CC(C)C[C@@H](NC(=O)[C@@H](Cc1ccccc1)NC(=O)[C@@H](Cc1ccccc1)NC(=O)OC(C)(C)C)C(=O)N[C@H](CCCCNC(=O)OC(C)(C)C)C(=O)N1CCC(NC(=O)OC(C)(C)C)(C(=O)OC2CC2)C1. The van der Waals surface area contributed by atoms with Gasteiger partial charge in [0.25, 0.3) is 0 Å². The van der Waals surface area contributed by atoms with E-state index in [-0.39, 0.29) is 63.8 Å². The second kappa shape index (κ2) is 25.8. The van der Waals surface area contributed by atoms with Gasteiger partial charge in [0.05, 0.1) is 6.54 Å². The molecule has 2 fully saturated rings. The Balaban J connectivity index is 1.60. The summed E-state index contributed by atoms with van der Waals surface area (Å²) >= 11 is 0. The third-order valence-electron chi connectivity index (χ3n) is 11.3. The summed E-state index contributed by atoms with van der Waals surface area (Å²) in [5.74, 6) is -3.40. The van der Waals surface area contributed by atoms with E-state index in [0.29, 0.717) is 31.2 Å². The van der Waals surface area contributed by atoms with Crippen molar-refractivity contribution >= 4 is 47.9 Å². The van der Waals surface area contributed by atoms with Gasteiger partial charge in [-0.05, 0) is 118 Å². The van der Waals surface area contributed by atoms with Crippen molar-refractivity contribution in [3.8, 4) is 0 Å². The van der Waals surface area contributed by atoms with E-state index in [0.717, 1.165) is 5.56 Å². The molecule has 19 nitrogen and oxygen atoms in total. The highest BCUT2D eigenvalue weighted by Crippen LogP contribution is 2.31. The molecule has 1 aliphatic heterocycles. The normalized spacial score (nSPS) is 17.5. The van der Waals surface area contributed by atoms with Crippen molar-refractivity contribution in [1.82, 2.24) is 36.8 Å². The Kier molecular flexibility index (Phi) is 20.9. The van der Waals surface area contributed by atoms with E-state index in [1.54, 1.807) is 98.7 Å². The molecule has 398 valence electrons. The van der Waals surface area contributed by atoms with Crippen molar-refractivity contribution in [2.24, 2.45) is 5.92 Å². The summed E-state index contributed by atoms with van der Waals surface area (Å²) in [6, 6.07) is 13.3. The van der Waals surface area contributed by atoms with E-state index >= 15 is 0 Å². The zero-order chi connectivity index (χ0) is 53.4. The fourth-order valence-electron chi connectivity index (χ4n) is 7.81. The minimum absolute atomic E-state index is 0.0179. The van der Waals surface area contributed by atoms with Crippen molar-refractivity contribution in [2.75, 3.05) is 19.6 Å². The number of esters is 1. The Bertz CT molecular complexity index is 2170. The fraction of sp³-hybridized carbons (Fsp3) is 0.623. The van der Waals surface area contributed by atoms with E-state index in [4.69, 9.17) is 18.9 Å². The van der Waals surface area contributed by atoms with E-state index in [1.807, 2.05) is 38.1 Å². The van der Waals surface area contributed by atoms with Crippen LogP contribution in [0.1, 0.15) is 132 Å². The molecule has 5 atom stereocenters. The molecular weight excluding hydrogens is 927 g/mol. The van der Waals surface area contributed by atoms with Gasteiger partial charge in [-0.25, -0.2) is 19.2 Å². The maximum absolute atomic E-state index is 14.7. The largest absolute Gasteiger partial charge is 0.461 e. The number of likely N-dealkylation sites (tertiary alicyclic amines) is 1. The van der Waals surface area contributed by atoms with Crippen LogP contribution in [0, 0.1) is 5.92 Å². The second-order valence-corrected chi connectivity index (χ2v) is 22.1. The lowest BCUT2D eigenvalue weighted by Gasteiger charge is -2.31. The Morgan fingerprint density at radius 3 is 1.60 bits per heavy atom. The summed E-state index contributed by atoms with van der Waals surface area (Å²) in [6.45, 7) is 19.1. The lowest BCUT2D eigenvalue weighted by atomic mass is 9.98. The number of unbranched alkanes of at least 4 members (excludes halogenated alkanes) is 1. The third-order valence-corrected chi connectivity index (χ3v) is 11.3. The Morgan fingerprint density at radius 2 is 1.08 bits per heavy atom. The smallest absolute Gasteiger partial charge is 0.408 e. The standard InChI is InChI=1S/C53H79N7O12/c1-34(2)30-39(56-43(62)40(31-35-20-14-12-15-21-35)57-44(63)41(32-36-22-16-13-17-23-36)58-48(67)71-51(6,7)8)42(61)55-38(24-18-19-28-54-47(66)70-50(3,4)5)45(64)60-29-27-53(33-60,46(65)69-37-25-26-37)59-49(68)72-52(9,10)11/h12-17,20-23,34,37-41H,18-19,24-33H2,1-11H3,(H,54,66)(H,55,61)(H,56,62)(H,57,63)(H,58,67)(H,59,68)/t38-,39-,40-,41-,53?/m1/s1. The van der Waals surface area contributed by atoms with Crippen LogP contribution in [0.25, 0.3) is 0 Å². The van der Waals surface area contributed by atoms with E-state index < -0.39 is 94.4 Å². The van der Waals surface area contributed by atoms with E-state index in [9.17, 15) is 38.4 Å².